The molecule has 1 unspecified atom stereocenters. The van der Waals surface area contributed by atoms with E-state index in [1.165, 1.54) is 11.1 Å². The van der Waals surface area contributed by atoms with E-state index in [1.54, 1.807) is 12.0 Å². The minimum atomic E-state index is 0.169. The van der Waals surface area contributed by atoms with Gasteiger partial charge in [-0.05, 0) is 18.9 Å². The predicted octanol–water partition coefficient (Wildman–Crippen LogP) is 2.80. The van der Waals surface area contributed by atoms with Crippen LogP contribution < -0.4 is 0 Å². The molecule has 0 aliphatic carbocycles. The maximum atomic E-state index is 12.0. The van der Waals surface area contributed by atoms with Crippen molar-refractivity contribution < 1.29 is 9.53 Å². The lowest BCUT2D eigenvalue weighted by Gasteiger charge is -2.20. The third kappa shape index (κ3) is 6.21. The van der Waals surface area contributed by atoms with Crippen molar-refractivity contribution in [3.05, 3.63) is 35.4 Å². The monoisotopic (exact) mass is 327 g/mol. The largest absolute Gasteiger partial charge is 0.383 e. The van der Waals surface area contributed by atoms with Gasteiger partial charge in [-0.25, -0.2) is 0 Å². The maximum absolute atomic E-state index is 12.0. The second-order valence-electron chi connectivity index (χ2n) is 4.82. The number of alkyl halides is 1. The fourth-order valence-electron chi connectivity index (χ4n) is 1.94. The van der Waals surface area contributed by atoms with Gasteiger partial charge in [-0.15, -0.1) is 0 Å². The van der Waals surface area contributed by atoms with Crippen LogP contribution in [-0.2, 0) is 16.0 Å². The number of aryl methyl sites for hydroxylation is 2. The summed E-state index contributed by atoms with van der Waals surface area (Å²) >= 11 is 3.49. The molecule has 0 saturated heterocycles. The topological polar surface area (TPSA) is 29.5 Å². The van der Waals surface area contributed by atoms with Crippen LogP contribution in [-0.4, -0.2) is 42.9 Å². The van der Waals surface area contributed by atoms with Crippen LogP contribution in [0.1, 0.15) is 17.5 Å². The van der Waals surface area contributed by atoms with Crippen LogP contribution in [0.15, 0.2) is 24.3 Å². The van der Waals surface area contributed by atoms with Crippen LogP contribution in [0.5, 0.6) is 0 Å². The van der Waals surface area contributed by atoms with Gasteiger partial charge in [0.15, 0.2) is 0 Å². The molecule has 0 bridgehead atoms. The van der Waals surface area contributed by atoms with E-state index in [0.29, 0.717) is 19.6 Å². The van der Waals surface area contributed by atoms with E-state index in [9.17, 15) is 4.79 Å². The molecule has 0 aliphatic rings. The van der Waals surface area contributed by atoms with E-state index < -0.39 is 0 Å². The Morgan fingerprint density at radius 1 is 1.47 bits per heavy atom. The van der Waals surface area contributed by atoms with Gasteiger partial charge in [-0.2, -0.15) is 0 Å². The van der Waals surface area contributed by atoms with Crippen molar-refractivity contribution in [1.82, 2.24) is 4.90 Å². The number of carbonyl (C=O) groups excluding carboxylic acids is 1. The quantitative estimate of drug-likeness (QED) is 0.721. The first kappa shape index (κ1) is 16.2. The molecule has 1 aromatic carbocycles. The van der Waals surface area contributed by atoms with Gasteiger partial charge in [0.05, 0.1) is 11.4 Å². The Morgan fingerprint density at radius 3 is 2.84 bits per heavy atom. The molecule has 106 valence electrons. The molecule has 0 aliphatic heterocycles. The van der Waals surface area contributed by atoms with E-state index in [-0.39, 0.29) is 10.7 Å². The van der Waals surface area contributed by atoms with Gasteiger partial charge in [0.1, 0.15) is 0 Å². The molecule has 0 N–H and O–H groups in total. The number of rotatable bonds is 7. The first-order chi connectivity index (χ1) is 9.02. The van der Waals surface area contributed by atoms with E-state index in [1.807, 2.05) is 13.1 Å². The SMILES string of the molecule is COCC(Br)CN(C)C(=O)CCc1cccc(C)c1. The molecule has 0 spiro atoms. The van der Waals surface area contributed by atoms with Crippen LogP contribution in [0, 0.1) is 6.92 Å². The lowest BCUT2D eigenvalue weighted by molar-refractivity contribution is -0.129. The summed E-state index contributed by atoms with van der Waals surface area (Å²) in [7, 11) is 3.50. The van der Waals surface area contributed by atoms with Gasteiger partial charge in [-0.1, -0.05) is 45.8 Å². The van der Waals surface area contributed by atoms with Crippen molar-refractivity contribution >= 4 is 21.8 Å². The number of halogens is 1. The highest BCUT2D eigenvalue weighted by atomic mass is 79.9. The third-order valence-electron chi connectivity index (χ3n) is 2.96. The summed E-state index contributed by atoms with van der Waals surface area (Å²) in [6, 6.07) is 8.30. The number of carbonyl (C=O) groups is 1. The minimum Gasteiger partial charge on any atom is -0.383 e. The van der Waals surface area contributed by atoms with Crippen molar-refractivity contribution in [3.63, 3.8) is 0 Å². The van der Waals surface area contributed by atoms with Gasteiger partial charge in [-0.3, -0.25) is 4.79 Å². The van der Waals surface area contributed by atoms with Crippen molar-refractivity contribution in [2.24, 2.45) is 0 Å². The average molecular weight is 328 g/mol. The maximum Gasteiger partial charge on any atom is 0.222 e. The first-order valence-electron chi connectivity index (χ1n) is 6.45. The Bertz CT molecular complexity index is 409. The van der Waals surface area contributed by atoms with Crippen LogP contribution in [0.4, 0.5) is 0 Å². The van der Waals surface area contributed by atoms with Gasteiger partial charge >= 0.3 is 0 Å². The van der Waals surface area contributed by atoms with E-state index >= 15 is 0 Å². The third-order valence-corrected chi connectivity index (χ3v) is 3.51. The summed E-state index contributed by atoms with van der Waals surface area (Å²) in [5.41, 5.74) is 2.45. The highest BCUT2D eigenvalue weighted by Gasteiger charge is 2.13. The molecule has 1 amide bonds. The van der Waals surface area contributed by atoms with Crippen molar-refractivity contribution in [2.75, 3.05) is 27.3 Å². The lowest BCUT2D eigenvalue weighted by Crippen LogP contribution is -2.33. The predicted molar refractivity (Wildman–Crippen MR) is 81.7 cm³/mol. The molecular formula is C15H22BrNO2. The Balaban J connectivity index is 2.38. The molecule has 0 saturated carbocycles. The van der Waals surface area contributed by atoms with Gasteiger partial charge < -0.3 is 9.64 Å². The molecule has 4 heteroatoms. The Morgan fingerprint density at radius 2 is 2.21 bits per heavy atom. The molecule has 19 heavy (non-hydrogen) atoms. The number of benzene rings is 1. The van der Waals surface area contributed by atoms with Crippen LogP contribution in [0.2, 0.25) is 0 Å². The Hall–Kier alpha value is -0.870. The van der Waals surface area contributed by atoms with Crippen molar-refractivity contribution in [3.8, 4) is 0 Å². The number of hydrogen-bond acceptors (Lipinski definition) is 2. The van der Waals surface area contributed by atoms with Gasteiger partial charge in [0.2, 0.25) is 5.91 Å². The summed E-state index contributed by atoms with van der Waals surface area (Å²) < 4.78 is 5.04. The number of ether oxygens (including phenoxy) is 1. The molecular weight excluding hydrogens is 306 g/mol. The molecule has 0 aromatic heterocycles. The molecule has 0 heterocycles. The zero-order chi connectivity index (χ0) is 14.3. The second-order valence-corrected chi connectivity index (χ2v) is 6.11. The summed E-state index contributed by atoms with van der Waals surface area (Å²) in [4.78, 5) is 13.9. The summed E-state index contributed by atoms with van der Waals surface area (Å²) in [6.07, 6.45) is 1.34. The fourth-order valence-corrected chi connectivity index (χ4v) is 2.64. The van der Waals surface area contributed by atoms with Crippen LogP contribution in [0.3, 0.4) is 0 Å². The fraction of sp³-hybridized carbons (Fsp3) is 0.533. The van der Waals surface area contributed by atoms with Gasteiger partial charge in [0, 0.05) is 27.1 Å². The molecule has 1 atom stereocenters. The minimum absolute atomic E-state index is 0.169. The highest BCUT2D eigenvalue weighted by molar-refractivity contribution is 9.09. The normalized spacial score (nSPS) is 12.2. The molecule has 1 rings (SSSR count). The smallest absolute Gasteiger partial charge is 0.222 e. The zero-order valence-electron chi connectivity index (χ0n) is 11.9. The average Bonchev–Trinajstić information content (AvgIpc) is 2.36. The standard InChI is InChI=1S/C15H22BrNO2/c1-12-5-4-6-13(9-12)7-8-15(18)17(2)10-14(16)11-19-3/h4-6,9,14H,7-8,10-11H2,1-3H3. The summed E-state index contributed by atoms with van der Waals surface area (Å²) in [6.45, 7) is 3.34. The molecule has 3 nitrogen and oxygen atoms in total. The number of methoxy groups -OCH3 is 1. The van der Waals surface area contributed by atoms with Crippen LogP contribution >= 0.6 is 15.9 Å². The molecule has 0 fully saturated rings. The zero-order valence-corrected chi connectivity index (χ0v) is 13.4. The Kier molecular flexibility index (Phi) is 7.10. The van der Waals surface area contributed by atoms with E-state index in [0.717, 1.165) is 6.42 Å². The first-order valence-corrected chi connectivity index (χ1v) is 7.37. The number of nitrogens with zero attached hydrogens (tertiary/aromatic N) is 1. The van der Waals surface area contributed by atoms with Crippen molar-refractivity contribution in [2.45, 2.75) is 24.6 Å². The van der Waals surface area contributed by atoms with Gasteiger partial charge in [0.25, 0.3) is 0 Å². The summed E-state index contributed by atoms with van der Waals surface area (Å²) in [5.74, 6) is 0.169. The Labute approximate surface area is 124 Å². The van der Waals surface area contributed by atoms with E-state index in [2.05, 4.69) is 41.1 Å². The summed E-state index contributed by atoms with van der Waals surface area (Å²) in [5, 5.41) is 0. The molecule has 0 radical (unpaired) electrons. The number of amides is 1. The lowest BCUT2D eigenvalue weighted by atomic mass is 10.1. The number of hydrogen-bond donors (Lipinski definition) is 0. The van der Waals surface area contributed by atoms with Crippen LogP contribution in [0.25, 0.3) is 0 Å². The highest BCUT2D eigenvalue weighted by Crippen LogP contribution is 2.09. The second kappa shape index (κ2) is 8.33. The molecule has 1 aromatic rings. The van der Waals surface area contributed by atoms with E-state index in [4.69, 9.17) is 4.74 Å². The van der Waals surface area contributed by atoms with Crippen molar-refractivity contribution in [1.29, 1.82) is 0 Å².